The maximum Gasteiger partial charge on any atom is 0.260 e. The highest BCUT2D eigenvalue weighted by molar-refractivity contribution is 7.17. The average Bonchev–Trinajstić information content (AvgIpc) is 3.10. The number of nitrogens with zero attached hydrogens (tertiary/aromatic N) is 2. The lowest BCUT2D eigenvalue weighted by atomic mass is 10.1. The number of hydrogen-bond donors (Lipinski definition) is 2. The van der Waals surface area contributed by atoms with Crippen molar-refractivity contribution in [1.82, 2.24) is 14.9 Å². The van der Waals surface area contributed by atoms with E-state index in [4.69, 9.17) is 16.6 Å². The van der Waals surface area contributed by atoms with Gasteiger partial charge >= 0.3 is 0 Å². The Bertz CT molecular complexity index is 1060. The van der Waals surface area contributed by atoms with Gasteiger partial charge < -0.3 is 10.1 Å². The summed E-state index contributed by atoms with van der Waals surface area (Å²) < 4.78 is 0. The van der Waals surface area contributed by atoms with Gasteiger partial charge in [0.05, 0.1) is 18.0 Å². The first-order valence-corrected chi connectivity index (χ1v) is 11.4. The Balaban J connectivity index is 1.86. The second-order valence-electron chi connectivity index (χ2n) is 7.96. The van der Waals surface area contributed by atoms with Crippen LogP contribution in [0.5, 0.6) is 0 Å². The standard InChI is InChI=1S/C23H28ClN3O2S/c1-4-5-9-18(28)12-27(11-15(2)3)13-20-25-22(29)21-19(14-30-23(21)26-20)16-7-6-8-17(24)10-16/h4,6-8,10,14-15,18,28H,1,5,9,11-13H2,2-3H3,(H,25,26,29). The van der Waals surface area contributed by atoms with Gasteiger partial charge in [0, 0.05) is 29.1 Å². The van der Waals surface area contributed by atoms with E-state index in [1.165, 1.54) is 11.3 Å². The number of benzene rings is 1. The van der Waals surface area contributed by atoms with Gasteiger partial charge in [0.15, 0.2) is 0 Å². The molecule has 0 aliphatic rings. The molecule has 2 heterocycles. The third kappa shape index (κ3) is 5.79. The van der Waals surface area contributed by atoms with Crippen LogP contribution in [0.1, 0.15) is 32.5 Å². The molecule has 3 rings (SSSR count). The van der Waals surface area contributed by atoms with Gasteiger partial charge in [0.1, 0.15) is 10.7 Å². The molecule has 1 atom stereocenters. The molecule has 0 fully saturated rings. The predicted octanol–water partition coefficient (Wildman–Crippen LogP) is 5.09. The first kappa shape index (κ1) is 22.7. The number of hydrogen-bond acceptors (Lipinski definition) is 5. The van der Waals surface area contributed by atoms with Gasteiger partial charge in [-0.05, 0) is 36.5 Å². The number of thiophene rings is 1. The molecule has 1 unspecified atom stereocenters. The zero-order valence-corrected chi connectivity index (χ0v) is 19.0. The van der Waals surface area contributed by atoms with Crippen LogP contribution in [0.25, 0.3) is 21.3 Å². The van der Waals surface area contributed by atoms with E-state index in [1.807, 2.05) is 35.7 Å². The lowest BCUT2D eigenvalue weighted by molar-refractivity contribution is 0.0943. The molecule has 2 N–H and O–H groups in total. The maximum absolute atomic E-state index is 12.9. The summed E-state index contributed by atoms with van der Waals surface area (Å²) in [5.74, 6) is 1.05. The van der Waals surface area contributed by atoms with Crippen LogP contribution in [0.3, 0.4) is 0 Å². The van der Waals surface area contributed by atoms with Gasteiger partial charge in [-0.15, -0.1) is 17.9 Å². The minimum atomic E-state index is -0.437. The second kappa shape index (κ2) is 10.4. The summed E-state index contributed by atoms with van der Waals surface area (Å²) in [4.78, 5) is 23.4. The molecule has 0 radical (unpaired) electrons. The van der Waals surface area contributed by atoms with Crippen molar-refractivity contribution in [2.24, 2.45) is 5.92 Å². The minimum absolute atomic E-state index is 0.150. The Labute approximate surface area is 186 Å². The third-order valence-electron chi connectivity index (χ3n) is 4.80. The van der Waals surface area contributed by atoms with E-state index in [9.17, 15) is 9.90 Å². The summed E-state index contributed by atoms with van der Waals surface area (Å²) in [6.45, 7) is 9.82. The fourth-order valence-corrected chi connectivity index (χ4v) is 4.73. The third-order valence-corrected chi connectivity index (χ3v) is 5.91. The van der Waals surface area contributed by atoms with Crippen molar-refractivity contribution in [3.8, 4) is 11.1 Å². The number of fused-ring (bicyclic) bond motifs is 1. The highest BCUT2D eigenvalue weighted by Gasteiger charge is 2.17. The monoisotopic (exact) mass is 445 g/mol. The first-order chi connectivity index (χ1) is 14.4. The zero-order chi connectivity index (χ0) is 21.7. The highest BCUT2D eigenvalue weighted by atomic mass is 35.5. The summed E-state index contributed by atoms with van der Waals surface area (Å²) in [6.07, 6.45) is 2.83. The van der Waals surface area contributed by atoms with Gasteiger partial charge in [-0.3, -0.25) is 9.69 Å². The van der Waals surface area contributed by atoms with E-state index in [0.717, 1.165) is 24.1 Å². The molecule has 0 aliphatic heterocycles. The number of aliphatic hydroxyl groups is 1. The van der Waals surface area contributed by atoms with Crippen LogP contribution in [0.4, 0.5) is 0 Å². The topological polar surface area (TPSA) is 69.2 Å². The number of halogens is 1. The molecule has 160 valence electrons. The molecule has 3 aromatic rings. The van der Waals surface area contributed by atoms with Crippen molar-refractivity contribution in [3.63, 3.8) is 0 Å². The molecule has 7 heteroatoms. The first-order valence-electron chi connectivity index (χ1n) is 10.1. The molecular weight excluding hydrogens is 418 g/mol. The number of nitrogens with one attached hydrogen (secondary N) is 1. The Hall–Kier alpha value is -1.99. The molecule has 1 aromatic carbocycles. The van der Waals surface area contributed by atoms with Gasteiger partial charge in [0.25, 0.3) is 5.56 Å². The number of rotatable bonds is 10. The molecule has 0 saturated heterocycles. The molecule has 5 nitrogen and oxygen atoms in total. The van der Waals surface area contributed by atoms with Crippen LogP contribution in [0.2, 0.25) is 5.02 Å². The van der Waals surface area contributed by atoms with Crippen molar-refractivity contribution in [1.29, 1.82) is 0 Å². The SMILES string of the molecule is C=CCCC(O)CN(Cc1nc2scc(-c3cccc(Cl)c3)c2c(=O)[nH]1)CC(C)C. The second-order valence-corrected chi connectivity index (χ2v) is 9.25. The average molecular weight is 446 g/mol. The Morgan fingerprint density at radius 2 is 2.17 bits per heavy atom. The largest absolute Gasteiger partial charge is 0.392 e. The summed E-state index contributed by atoms with van der Waals surface area (Å²) in [7, 11) is 0. The molecule has 0 spiro atoms. The van der Waals surface area contributed by atoms with Gasteiger partial charge in [-0.2, -0.15) is 0 Å². The van der Waals surface area contributed by atoms with E-state index in [2.05, 4.69) is 30.3 Å². The van der Waals surface area contributed by atoms with E-state index in [-0.39, 0.29) is 5.56 Å². The van der Waals surface area contributed by atoms with Crippen LogP contribution < -0.4 is 5.56 Å². The summed E-state index contributed by atoms with van der Waals surface area (Å²) in [6, 6.07) is 7.48. The van der Waals surface area contributed by atoms with Gasteiger partial charge in [-0.25, -0.2) is 4.98 Å². The van der Waals surface area contributed by atoms with Crippen molar-refractivity contribution in [3.05, 3.63) is 63.5 Å². The molecule has 0 bridgehead atoms. The maximum atomic E-state index is 12.9. The van der Waals surface area contributed by atoms with Gasteiger partial charge in [0.2, 0.25) is 0 Å². The van der Waals surface area contributed by atoms with E-state index < -0.39 is 6.10 Å². The number of aliphatic hydroxyl groups excluding tert-OH is 1. The van der Waals surface area contributed by atoms with Crippen LogP contribution in [0.15, 0.2) is 47.1 Å². The number of aromatic amines is 1. The summed E-state index contributed by atoms with van der Waals surface area (Å²) >= 11 is 7.58. The lowest BCUT2D eigenvalue weighted by Crippen LogP contribution is -2.35. The quantitative estimate of drug-likeness (QED) is 0.426. The number of H-pyrrole nitrogens is 1. The minimum Gasteiger partial charge on any atom is -0.392 e. The normalized spacial score (nSPS) is 12.7. The van der Waals surface area contributed by atoms with Crippen molar-refractivity contribution in [2.75, 3.05) is 13.1 Å². The van der Waals surface area contributed by atoms with Gasteiger partial charge in [-0.1, -0.05) is 43.7 Å². The highest BCUT2D eigenvalue weighted by Crippen LogP contribution is 2.32. The van der Waals surface area contributed by atoms with Crippen LogP contribution in [-0.4, -0.2) is 39.2 Å². The van der Waals surface area contributed by atoms with Crippen LogP contribution in [0, 0.1) is 5.92 Å². The molecule has 0 aliphatic carbocycles. The molecule has 0 amide bonds. The van der Waals surface area contributed by atoms with E-state index in [0.29, 0.717) is 46.5 Å². The fourth-order valence-electron chi connectivity index (χ4n) is 3.57. The van der Waals surface area contributed by atoms with E-state index >= 15 is 0 Å². The fraction of sp³-hybridized carbons (Fsp3) is 0.391. The molecule has 2 aromatic heterocycles. The van der Waals surface area contributed by atoms with Crippen molar-refractivity contribution < 1.29 is 5.11 Å². The summed E-state index contributed by atoms with van der Waals surface area (Å²) in [5, 5.41) is 13.5. The molecule has 0 saturated carbocycles. The zero-order valence-electron chi connectivity index (χ0n) is 17.4. The van der Waals surface area contributed by atoms with Crippen LogP contribution >= 0.6 is 22.9 Å². The predicted molar refractivity (Wildman–Crippen MR) is 126 cm³/mol. The van der Waals surface area contributed by atoms with Crippen molar-refractivity contribution >= 4 is 33.2 Å². The lowest BCUT2D eigenvalue weighted by Gasteiger charge is -2.26. The van der Waals surface area contributed by atoms with Crippen LogP contribution in [-0.2, 0) is 6.54 Å². The number of aromatic nitrogens is 2. The summed E-state index contributed by atoms with van der Waals surface area (Å²) in [5.41, 5.74) is 1.60. The smallest absolute Gasteiger partial charge is 0.260 e. The Morgan fingerprint density at radius 1 is 1.37 bits per heavy atom. The number of allylic oxidation sites excluding steroid dienone is 1. The Kier molecular flexibility index (Phi) is 7.83. The van der Waals surface area contributed by atoms with E-state index in [1.54, 1.807) is 0 Å². The van der Waals surface area contributed by atoms with Crippen molar-refractivity contribution in [2.45, 2.75) is 39.3 Å². The molecule has 30 heavy (non-hydrogen) atoms. The molecular formula is C23H28ClN3O2S. The Morgan fingerprint density at radius 3 is 2.87 bits per heavy atom.